The molecule has 0 amide bonds. The fourth-order valence-corrected chi connectivity index (χ4v) is 2.88. The molecule has 1 fully saturated rings. The summed E-state index contributed by atoms with van der Waals surface area (Å²) >= 11 is 0. The van der Waals surface area contributed by atoms with Gasteiger partial charge in [0.2, 0.25) is 0 Å². The average Bonchev–Trinajstić information content (AvgIpc) is 2.76. The lowest BCUT2D eigenvalue weighted by atomic mass is 10.2. The molecule has 2 rings (SSSR count). The molecule has 5 nitrogen and oxygen atoms in total. The van der Waals surface area contributed by atoms with E-state index >= 15 is 0 Å². The molecule has 0 bridgehead atoms. The van der Waals surface area contributed by atoms with Crippen LogP contribution in [-0.4, -0.2) is 38.9 Å². The summed E-state index contributed by atoms with van der Waals surface area (Å²) in [6.07, 6.45) is -0.460. The van der Waals surface area contributed by atoms with Crippen molar-refractivity contribution in [2.45, 2.75) is 30.4 Å². The molecule has 0 spiro atoms. The van der Waals surface area contributed by atoms with Gasteiger partial charge in [-0.05, 0) is 19.1 Å². The molecule has 0 aliphatic carbocycles. The topological polar surface area (TPSA) is 72.8 Å². The van der Waals surface area contributed by atoms with Crippen LogP contribution in [0.2, 0.25) is 0 Å². The number of aryl methyl sites for hydroxylation is 1. The molecule has 1 N–H and O–H groups in total. The molecule has 100 valence electrons. The SMILES string of the molecule is Cc1ccc(S(=O)(=O)O[C@@H]2CO[C@@H](CO)C2)cc1. The fraction of sp³-hybridized carbons (Fsp3) is 0.500. The number of ether oxygens (including phenoxy) is 1. The third kappa shape index (κ3) is 3.08. The summed E-state index contributed by atoms with van der Waals surface area (Å²) in [5.41, 5.74) is 0.985. The predicted octanol–water partition coefficient (Wildman–Crippen LogP) is 0.850. The highest BCUT2D eigenvalue weighted by Crippen LogP contribution is 2.21. The van der Waals surface area contributed by atoms with Crippen LogP contribution in [0, 0.1) is 6.92 Å². The van der Waals surface area contributed by atoms with Crippen LogP contribution >= 0.6 is 0 Å². The summed E-state index contributed by atoms with van der Waals surface area (Å²) in [6, 6.07) is 6.48. The second-order valence-corrected chi connectivity index (χ2v) is 5.93. The molecule has 0 unspecified atom stereocenters. The Balaban J connectivity index is 2.06. The molecule has 1 saturated heterocycles. The first-order valence-electron chi connectivity index (χ1n) is 5.73. The van der Waals surface area contributed by atoms with E-state index in [9.17, 15) is 8.42 Å². The molecule has 1 aromatic rings. The first kappa shape index (κ1) is 13.5. The highest BCUT2D eigenvalue weighted by atomic mass is 32.2. The van der Waals surface area contributed by atoms with Crippen LogP contribution in [0.4, 0.5) is 0 Å². The number of hydrogen-bond donors (Lipinski definition) is 1. The second kappa shape index (κ2) is 5.36. The van der Waals surface area contributed by atoms with E-state index < -0.39 is 16.2 Å². The molecule has 0 saturated carbocycles. The van der Waals surface area contributed by atoms with E-state index in [-0.39, 0.29) is 24.2 Å². The minimum atomic E-state index is -3.75. The normalized spacial score (nSPS) is 24.3. The summed E-state index contributed by atoms with van der Waals surface area (Å²) in [5, 5.41) is 8.90. The lowest BCUT2D eigenvalue weighted by Gasteiger charge is -2.10. The van der Waals surface area contributed by atoms with Crippen molar-refractivity contribution in [2.75, 3.05) is 13.2 Å². The number of hydrogen-bond acceptors (Lipinski definition) is 5. The minimum Gasteiger partial charge on any atom is -0.394 e. The zero-order chi connectivity index (χ0) is 13.2. The molecule has 1 aliphatic heterocycles. The fourth-order valence-electron chi connectivity index (χ4n) is 1.81. The van der Waals surface area contributed by atoms with Gasteiger partial charge < -0.3 is 9.84 Å². The standard InChI is InChI=1S/C12H16O5S/c1-9-2-4-12(5-3-9)18(14,15)17-11-6-10(7-13)16-8-11/h2-5,10-11,13H,6-8H2,1H3/t10-,11+/m1/s1. The quantitative estimate of drug-likeness (QED) is 0.823. The molecule has 6 heteroatoms. The van der Waals surface area contributed by atoms with Crippen molar-refractivity contribution in [2.24, 2.45) is 0 Å². The van der Waals surface area contributed by atoms with Gasteiger partial charge in [-0.2, -0.15) is 8.42 Å². The largest absolute Gasteiger partial charge is 0.394 e. The second-order valence-electron chi connectivity index (χ2n) is 4.36. The van der Waals surface area contributed by atoms with Gasteiger partial charge in [-0.3, -0.25) is 4.18 Å². The van der Waals surface area contributed by atoms with Crippen LogP contribution in [0.25, 0.3) is 0 Å². The van der Waals surface area contributed by atoms with E-state index in [4.69, 9.17) is 14.0 Å². The van der Waals surface area contributed by atoms with E-state index in [0.717, 1.165) is 5.56 Å². The van der Waals surface area contributed by atoms with Gasteiger partial charge in [-0.1, -0.05) is 17.7 Å². The third-order valence-electron chi connectivity index (χ3n) is 2.82. The number of benzene rings is 1. The summed E-state index contributed by atoms with van der Waals surface area (Å²) in [7, 11) is -3.75. The Labute approximate surface area is 106 Å². The minimum absolute atomic E-state index is 0.121. The Morgan fingerprint density at radius 2 is 2.06 bits per heavy atom. The van der Waals surface area contributed by atoms with Gasteiger partial charge in [0.05, 0.1) is 24.2 Å². The van der Waals surface area contributed by atoms with Crippen molar-refractivity contribution in [1.82, 2.24) is 0 Å². The van der Waals surface area contributed by atoms with Gasteiger partial charge >= 0.3 is 0 Å². The Morgan fingerprint density at radius 3 is 2.61 bits per heavy atom. The average molecular weight is 272 g/mol. The lowest BCUT2D eigenvalue weighted by molar-refractivity contribution is 0.0537. The van der Waals surface area contributed by atoms with Gasteiger partial charge in [0.15, 0.2) is 0 Å². The van der Waals surface area contributed by atoms with Gasteiger partial charge in [-0.15, -0.1) is 0 Å². The number of aliphatic hydroxyl groups excluding tert-OH is 1. The van der Waals surface area contributed by atoms with Crippen LogP contribution in [0.3, 0.4) is 0 Å². The van der Waals surface area contributed by atoms with E-state index in [1.807, 2.05) is 6.92 Å². The molecular formula is C12H16O5S. The van der Waals surface area contributed by atoms with Crippen LogP contribution in [0.5, 0.6) is 0 Å². The van der Waals surface area contributed by atoms with Crippen LogP contribution in [0.15, 0.2) is 29.2 Å². The van der Waals surface area contributed by atoms with Crippen molar-refractivity contribution < 1.29 is 22.4 Å². The van der Waals surface area contributed by atoms with Gasteiger partial charge in [0.25, 0.3) is 10.1 Å². The number of rotatable bonds is 4. The van der Waals surface area contributed by atoms with Crippen LogP contribution in [0.1, 0.15) is 12.0 Å². The van der Waals surface area contributed by atoms with Crippen molar-refractivity contribution in [1.29, 1.82) is 0 Å². The molecule has 1 aromatic carbocycles. The molecule has 1 aliphatic rings. The summed E-state index contributed by atoms with van der Waals surface area (Å²) in [6.45, 7) is 1.95. The van der Waals surface area contributed by atoms with Gasteiger partial charge in [0.1, 0.15) is 6.10 Å². The third-order valence-corrected chi connectivity index (χ3v) is 4.19. The Kier molecular flexibility index (Phi) is 4.01. The molecule has 2 atom stereocenters. The first-order chi connectivity index (χ1) is 8.51. The van der Waals surface area contributed by atoms with Crippen molar-refractivity contribution in [3.8, 4) is 0 Å². The van der Waals surface area contributed by atoms with Gasteiger partial charge in [-0.25, -0.2) is 0 Å². The molecule has 1 heterocycles. The Bertz CT molecular complexity index is 494. The summed E-state index contributed by atoms with van der Waals surface area (Å²) in [4.78, 5) is 0.139. The van der Waals surface area contributed by atoms with E-state index in [0.29, 0.717) is 6.42 Å². The molecule has 18 heavy (non-hydrogen) atoms. The van der Waals surface area contributed by atoms with E-state index in [1.54, 1.807) is 12.1 Å². The van der Waals surface area contributed by atoms with Crippen LogP contribution < -0.4 is 0 Å². The lowest BCUT2D eigenvalue weighted by Crippen LogP contribution is -2.19. The molecular weight excluding hydrogens is 256 g/mol. The smallest absolute Gasteiger partial charge is 0.297 e. The zero-order valence-corrected chi connectivity index (χ0v) is 10.9. The Morgan fingerprint density at radius 1 is 1.39 bits per heavy atom. The van der Waals surface area contributed by atoms with Crippen LogP contribution in [-0.2, 0) is 19.0 Å². The van der Waals surface area contributed by atoms with E-state index in [2.05, 4.69) is 0 Å². The zero-order valence-electron chi connectivity index (χ0n) is 10.1. The summed E-state index contributed by atoms with van der Waals surface area (Å²) < 4.78 is 34.2. The van der Waals surface area contributed by atoms with Crippen molar-refractivity contribution in [3.63, 3.8) is 0 Å². The molecule has 0 radical (unpaired) electrons. The monoisotopic (exact) mass is 272 g/mol. The highest BCUT2D eigenvalue weighted by molar-refractivity contribution is 7.86. The maximum atomic E-state index is 12.0. The van der Waals surface area contributed by atoms with Crippen molar-refractivity contribution in [3.05, 3.63) is 29.8 Å². The maximum Gasteiger partial charge on any atom is 0.297 e. The Hall–Kier alpha value is -0.950. The number of aliphatic hydroxyl groups is 1. The maximum absolute atomic E-state index is 12.0. The molecule has 0 aromatic heterocycles. The predicted molar refractivity (Wildman–Crippen MR) is 64.7 cm³/mol. The highest BCUT2D eigenvalue weighted by Gasteiger charge is 2.30. The first-order valence-corrected chi connectivity index (χ1v) is 7.14. The van der Waals surface area contributed by atoms with Crippen molar-refractivity contribution >= 4 is 10.1 Å². The van der Waals surface area contributed by atoms with E-state index in [1.165, 1.54) is 12.1 Å². The summed E-state index contributed by atoms with van der Waals surface area (Å²) in [5.74, 6) is 0. The van der Waals surface area contributed by atoms with Gasteiger partial charge in [0, 0.05) is 6.42 Å².